The number of ether oxygens (including phenoxy) is 2. The molecule has 0 aromatic heterocycles. The lowest BCUT2D eigenvalue weighted by Crippen LogP contribution is -2.36. The van der Waals surface area contributed by atoms with Crippen molar-refractivity contribution in [3.05, 3.63) is 58.7 Å². The Bertz CT molecular complexity index is 897. The van der Waals surface area contributed by atoms with Crippen LogP contribution in [0.4, 0.5) is 0 Å². The van der Waals surface area contributed by atoms with Crippen LogP contribution in [-0.4, -0.2) is 30.3 Å². The van der Waals surface area contributed by atoms with E-state index in [1.54, 1.807) is 0 Å². The summed E-state index contributed by atoms with van der Waals surface area (Å²) in [6.45, 7) is 4.63. The summed E-state index contributed by atoms with van der Waals surface area (Å²) in [5, 5.41) is 11.6. The number of aliphatic hydroxyl groups excluding tert-OH is 1. The second-order valence-electron chi connectivity index (χ2n) is 8.83. The van der Waals surface area contributed by atoms with Crippen molar-refractivity contribution in [2.24, 2.45) is 5.92 Å². The van der Waals surface area contributed by atoms with Gasteiger partial charge in [-0.05, 0) is 92.8 Å². The minimum absolute atomic E-state index is 0.0163. The topological polar surface area (TPSA) is 67.8 Å². The lowest BCUT2D eigenvalue weighted by Gasteiger charge is -2.30. The van der Waals surface area contributed by atoms with Crippen LogP contribution in [0.1, 0.15) is 60.5 Å². The number of nitrogens with one attached hydrogen (secondary N) is 1. The lowest BCUT2D eigenvalue weighted by atomic mass is 9.86. The Balaban J connectivity index is 1.35. The molecule has 2 N–H and O–H groups in total. The van der Waals surface area contributed by atoms with Gasteiger partial charge in [0, 0.05) is 12.5 Å². The maximum atomic E-state index is 12.1. The minimum Gasteiger partial charge on any atom is -0.490 e. The van der Waals surface area contributed by atoms with Gasteiger partial charge in [0.2, 0.25) is 5.91 Å². The Morgan fingerprint density at radius 2 is 1.84 bits per heavy atom. The summed E-state index contributed by atoms with van der Waals surface area (Å²) in [4.78, 5) is 12.1. The molecule has 2 aromatic carbocycles. The third-order valence-corrected chi connectivity index (χ3v) is 6.60. The normalized spacial score (nSPS) is 22.9. The summed E-state index contributed by atoms with van der Waals surface area (Å²) in [6.07, 6.45) is 5.60. The average molecular weight is 424 g/mol. The Morgan fingerprint density at radius 1 is 1.10 bits per heavy atom. The van der Waals surface area contributed by atoms with Gasteiger partial charge in [-0.15, -0.1) is 0 Å². The maximum absolute atomic E-state index is 12.1. The molecule has 166 valence electrons. The van der Waals surface area contributed by atoms with Gasteiger partial charge in [0.15, 0.2) is 0 Å². The Labute approximate surface area is 184 Å². The summed E-state index contributed by atoms with van der Waals surface area (Å²) in [5.41, 5.74) is 5.09. The highest BCUT2D eigenvalue weighted by Crippen LogP contribution is 2.39. The molecule has 4 rings (SSSR count). The zero-order valence-corrected chi connectivity index (χ0v) is 18.5. The molecule has 0 spiro atoms. The Hall–Kier alpha value is -2.53. The second kappa shape index (κ2) is 9.73. The first-order valence-corrected chi connectivity index (χ1v) is 11.5. The second-order valence-corrected chi connectivity index (χ2v) is 8.83. The quantitative estimate of drug-likeness (QED) is 0.722. The monoisotopic (exact) mass is 423 g/mol. The third kappa shape index (κ3) is 5.04. The fourth-order valence-electron chi connectivity index (χ4n) is 4.94. The summed E-state index contributed by atoms with van der Waals surface area (Å²) in [5.74, 6) is 1.93. The van der Waals surface area contributed by atoms with Gasteiger partial charge in [-0.3, -0.25) is 4.79 Å². The maximum Gasteiger partial charge on any atom is 0.223 e. The van der Waals surface area contributed by atoms with Gasteiger partial charge in [-0.1, -0.05) is 18.2 Å². The van der Waals surface area contributed by atoms with Crippen LogP contribution < -0.4 is 14.8 Å². The molecule has 0 radical (unpaired) electrons. The van der Waals surface area contributed by atoms with E-state index >= 15 is 0 Å². The smallest absolute Gasteiger partial charge is 0.223 e. The highest BCUT2D eigenvalue weighted by atomic mass is 16.5. The molecule has 2 aromatic rings. The van der Waals surface area contributed by atoms with Crippen molar-refractivity contribution in [2.45, 2.75) is 64.6 Å². The fraction of sp³-hybridized carbons (Fsp3) is 0.500. The van der Waals surface area contributed by atoms with E-state index in [1.807, 2.05) is 12.1 Å². The molecule has 1 heterocycles. The zero-order valence-electron chi connectivity index (χ0n) is 18.5. The molecule has 1 amide bonds. The molecule has 1 fully saturated rings. The highest BCUT2D eigenvalue weighted by molar-refractivity contribution is 5.78. The van der Waals surface area contributed by atoms with Crippen molar-refractivity contribution in [1.29, 1.82) is 0 Å². The number of benzene rings is 2. The van der Waals surface area contributed by atoms with Crippen LogP contribution in [-0.2, 0) is 11.2 Å². The van der Waals surface area contributed by atoms with E-state index < -0.39 is 0 Å². The Kier molecular flexibility index (Phi) is 6.81. The van der Waals surface area contributed by atoms with Crippen molar-refractivity contribution in [3.63, 3.8) is 0 Å². The van der Waals surface area contributed by atoms with Crippen molar-refractivity contribution in [3.8, 4) is 11.5 Å². The van der Waals surface area contributed by atoms with Gasteiger partial charge >= 0.3 is 0 Å². The Morgan fingerprint density at radius 3 is 2.55 bits per heavy atom. The lowest BCUT2D eigenvalue weighted by molar-refractivity contribution is -0.126. The number of carbonyl (C=O) groups excluding carboxylic acids is 1. The van der Waals surface area contributed by atoms with E-state index in [1.165, 1.54) is 22.3 Å². The van der Waals surface area contributed by atoms with Crippen LogP contribution in [0.5, 0.6) is 11.5 Å². The third-order valence-electron chi connectivity index (χ3n) is 6.60. The van der Waals surface area contributed by atoms with E-state index in [-0.39, 0.29) is 30.6 Å². The van der Waals surface area contributed by atoms with Crippen LogP contribution >= 0.6 is 0 Å². The summed E-state index contributed by atoms with van der Waals surface area (Å²) in [7, 11) is 0. The van der Waals surface area contributed by atoms with E-state index in [0.717, 1.165) is 50.0 Å². The molecule has 31 heavy (non-hydrogen) atoms. The molecule has 0 bridgehead atoms. The SMILES string of the molecule is Cc1cccc(C)c1C1CCc2cc(OC3CCC(C(=O)NCCO)CC3)ccc2O1. The van der Waals surface area contributed by atoms with Crippen LogP contribution in [0.2, 0.25) is 0 Å². The fourth-order valence-corrected chi connectivity index (χ4v) is 4.94. The van der Waals surface area contributed by atoms with E-state index in [4.69, 9.17) is 14.6 Å². The summed E-state index contributed by atoms with van der Waals surface area (Å²) < 4.78 is 12.6. The molecule has 2 aliphatic rings. The molecule has 1 unspecified atom stereocenters. The van der Waals surface area contributed by atoms with Crippen LogP contribution in [0.3, 0.4) is 0 Å². The molecule has 5 nitrogen and oxygen atoms in total. The van der Waals surface area contributed by atoms with E-state index in [9.17, 15) is 4.79 Å². The first-order valence-electron chi connectivity index (χ1n) is 11.5. The highest BCUT2D eigenvalue weighted by Gasteiger charge is 2.28. The number of carbonyl (C=O) groups is 1. The number of rotatable bonds is 6. The molecule has 1 aliphatic heterocycles. The molecule has 0 saturated heterocycles. The van der Waals surface area contributed by atoms with Gasteiger partial charge < -0.3 is 19.9 Å². The molecule has 5 heteroatoms. The van der Waals surface area contributed by atoms with Crippen LogP contribution in [0.25, 0.3) is 0 Å². The van der Waals surface area contributed by atoms with Crippen LogP contribution in [0, 0.1) is 19.8 Å². The van der Waals surface area contributed by atoms with Gasteiger partial charge in [-0.2, -0.15) is 0 Å². The molecular formula is C26H33NO4. The number of aryl methyl sites for hydroxylation is 3. The molecule has 1 saturated carbocycles. The molecule has 1 aliphatic carbocycles. The van der Waals surface area contributed by atoms with Crippen molar-refractivity contribution >= 4 is 5.91 Å². The van der Waals surface area contributed by atoms with Crippen molar-refractivity contribution < 1.29 is 19.4 Å². The average Bonchev–Trinajstić information content (AvgIpc) is 2.78. The standard InChI is InChI=1S/C26H33NO4/c1-17-4-3-5-18(2)25(17)24-12-8-20-16-22(11-13-23(20)31-24)30-21-9-6-19(7-10-21)26(29)27-14-15-28/h3-5,11,13,16,19,21,24,28H,6-10,12,14-15H2,1-2H3,(H,27,29). The van der Waals surface area contributed by atoms with Gasteiger partial charge in [0.05, 0.1) is 12.7 Å². The first kappa shape index (κ1) is 21.7. The number of aliphatic hydroxyl groups is 1. The minimum atomic E-state index is -0.0163. The van der Waals surface area contributed by atoms with Crippen molar-refractivity contribution in [2.75, 3.05) is 13.2 Å². The number of fused-ring (bicyclic) bond motifs is 1. The number of hydrogen-bond donors (Lipinski definition) is 2. The predicted molar refractivity (Wildman–Crippen MR) is 121 cm³/mol. The first-order chi connectivity index (χ1) is 15.0. The number of amides is 1. The van der Waals surface area contributed by atoms with Gasteiger partial charge in [0.25, 0.3) is 0 Å². The van der Waals surface area contributed by atoms with Crippen LogP contribution in [0.15, 0.2) is 36.4 Å². The van der Waals surface area contributed by atoms with E-state index in [0.29, 0.717) is 6.54 Å². The summed E-state index contributed by atoms with van der Waals surface area (Å²) >= 11 is 0. The number of hydrogen-bond acceptors (Lipinski definition) is 4. The molecular weight excluding hydrogens is 390 g/mol. The van der Waals surface area contributed by atoms with E-state index in [2.05, 4.69) is 43.4 Å². The zero-order chi connectivity index (χ0) is 21.8. The molecule has 1 atom stereocenters. The summed E-state index contributed by atoms with van der Waals surface area (Å²) in [6, 6.07) is 12.6. The predicted octanol–water partition coefficient (Wildman–Crippen LogP) is 4.42. The largest absolute Gasteiger partial charge is 0.490 e. The van der Waals surface area contributed by atoms with Gasteiger partial charge in [-0.25, -0.2) is 0 Å². The van der Waals surface area contributed by atoms with Crippen molar-refractivity contribution in [1.82, 2.24) is 5.32 Å². The van der Waals surface area contributed by atoms with Gasteiger partial charge in [0.1, 0.15) is 17.6 Å².